The number of aromatic nitrogens is 2. The van der Waals surface area contributed by atoms with Crippen LogP contribution in [-0.4, -0.2) is 54.2 Å². The van der Waals surface area contributed by atoms with Gasteiger partial charge in [-0.2, -0.15) is 16.7 Å². The van der Waals surface area contributed by atoms with Crippen molar-refractivity contribution in [3.05, 3.63) is 46.6 Å². The third kappa shape index (κ3) is 3.52. The predicted octanol–water partition coefficient (Wildman–Crippen LogP) is 2.28. The van der Waals surface area contributed by atoms with E-state index in [1.807, 2.05) is 0 Å². The van der Waals surface area contributed by atoms with Gasteiger partial charge in [0.25, 0.3) is 0 Å². The average molecular weight is 382 g/mol. The molecule has 3 aliphatic rings. The number of benzene rings is 1. The molecule has 0 bridgehead atoms. The van der Waals surface area contributed by atoms with Gasteiger partial charge in [0, 0.05) is 56.2 Å². The van der Waals surface area contributed by atoms with Gasteiger partial charge in [-0.1, -0.05) is 24.3 Å². The molecule has 1 fully saturated rings. The maximum atomic E-state index is 5.15. The zero-order valence-electron chi connectivity index (χ0n) is 15.8. The summed E-state index contributed by atoms with van der Waals surface area (Å²) in [6.07, 6.45) is 3.12. The molecular weight excluding hydrogens is 354 g/mol. The number of hydrogen-bond donors (Lipinski definition) is 1. The van der Waals surface area contributed by atoms with E-state index in [1.165, 1.54) is 39.7 Å². The quantitative estimate of drug-likeness (QED) is 0.861. The SMILES string of the molecule is c1ccc2c(c1)CCN(c1nc3c(c(N4CCSCC4)n1)CCNCC3)C2. The van der Waals surface area contributed by atoms with Crippen molar-refractivity contribution in [2.45, 2.75) is 25.8 Å². The largest absolute Gasteiger partial charge is 0.355 e. The van der Waals surface area contributed by atoms with Crippen molar-refractivity contribution < 1.29 is 0 Å². The van der Waals surface area contributed by atoms with Crippen LogP contribution in [0.15, 0.2) is 24.3 Å². The molecule has 3 aliphatic heterocycles. The molecule has 6 heteroatoms. The second kappa shape index (κ2) is 7.68. The first-order valence-electron chi connectivity index (χ1n) is 10.1. The molecule has 1 aromatic heterocycles. The van der Waals surface area contributed by atoms with Gasteiger partial charge in [0.05, 0.1) is 5.69 Å². The van der Waals surface area contributed by atoms with Crippen molar-refractivity contribution in [1.82, 2.24) is 15.3 Å². The zero-order chi connectivity index (χ0) is 18.1. The highest BCUT2D eigenvalue weighted by Crippen LogP contribution is 2.30. The van der Waals surface area contributed by atoms with Gasteiger partial charge in [0.15, 0.2) is 0 Å². The summed E-state index contributed by atoms with van der Waals surface area (Å²) in [5.74, 6) is 4.53. The Morgan fingerprint density at radius 1 is 0.852 bits per heavy atom. The molecule has 0 aliphatic carbocycles. The minimum Gasteiger partial charge on any atom is -0.355 e. The summed E-state index contributed by atoms with van der Waals surface area (Å²) in [5, 5.41) is 3.53. The van der Waals surface area contributed by atoms with Gasteiger partial charge in [0.2, 0.25) is 5.95 Å². The minimum absolute atomic E-state index is 0.919. The van der Waals surface area contributed by atoms with Crippen LogP contribution in [0.5, 0.6) is 0 Å². The third-order valence-corrected chi connectivity index (χ3v) is 6.82. The number of anilines is 2. The van der Waals surface area contributed by atoms with Crippen LogP contribution in [0.4, 0.5) is 11.8 Å². The monoisotopic (exact) mass is 381 g/mol. The van der Waals surface area contributed by atoms with Crippen molar-refractivity contribution in [1.29, 1.82) is 0 Å². The maximum Gasteiger partial charge on any atom is 0.227 e. The van der Waals surface area contributed by atoms with Crippen molar-refractivity contribution in [2.75, 3.05) is 54.0 Å². The molecular formula is C21H27N5S. The smallest absolute Gasteiger partial charge is 0.227 e. The molecule has 0 atom stereocenters. The van der Waals surface area contributed by atoms with E-state index in [-0.39, 0.29) is 0 Å². The first kappa shape index (κ1) is 17.3. The van der Waals surface area contributed by atoms with Gasteiger partial charge in [-0.15, -0.1) is 0 Å². The Balaban J connectivity index is 1.52. The Bertz CT molecular complexity index is 818. The van der Waals surface area contributed by atoms with Crippen molar-refractivity contribution >= 4 is 23.5 Å². The molecule has 0 amide bonds. The number of nitrogens with one attached hydrogen (secondary N) is 1. The number of fused-ring (bicyclic) bond motifs is 2. The number of hydrogen-bond acceptors (Lipinski definition) is 6. The Kier molecular flexibility index (Phi) is 4.93. The molecule has 5 rings (SSSR count). The molecule has 27 heavy (non-hydrogen) atoms. The molecule has 1 N–H and O–H groups in total. The zero-order valence-corrected chi connectivity index (χ0v) is 16.6. The standard InChI is InChI=1S/C21H27N5S/c1-2-4-17-15-26(10-7-16(17)3-1)21-23-19-6-9-22-8-5-18(19)20(24-21)25-11-13-27-14-12-25/h1-4,22H,5-15H2. The van der Waals surface area contributed by atoms with E-state index in [2.05, 4.69) is 51.1 Å². The molecule has 0 radical (unpaired) electrons. The summed E-state index contributed by atoms with van der Waals surface area (Å²) in [7, 11) is 0. The van der Waals surface area contributed by atoms with Gasteiger partial charge in [0.1, 0.15) is 5.82 Å². The van der Waals surface area contributed by atoms with E-state index in [9.17, 15) is 0 Å². The van der Waals surface area contributed by atoms with Crippen LogP contribution >= 0.6 is 11.8 Å². The number of thioether (sulfide) groups is 1. The lowest BCUT2D eigenvalue weighted by Crippen LogP contribution is -2.36. The first-order chi connectivity index (χ1) is 13.4. The van der Waals surface area contributed by atoms with Crippen LogP contribution in [0.3, 0.4) is 0 Å². The molecule has 2 aromatic rings. The Morgan fingerprint density at radius 3 is 2.56 bits per heavy atom. The molecule has 142 valence electrons. The lowest BCUT2D eigenvalue weighted by atomic mass is 10.0. The van der Waals surface area contributed by atoms with E-state index in [0.29, 0.717) is 0 Å². The fourth-order valence-electron chi connectivity index (χ4n) is 4.36. The van der Waals surface area contributed by atoms with Crippen LogP contribution in [0, 0.1) is 0 Å². The lowest BCUT2D eigenvalue weighted by molar-refractivity contribution is 0.695. The predicted molar refractivity (Wildman–Crippen MR) is 113 cm³/mol. The first-order valence-corrected chi connectivity index (χ1v) is 11.3. The van der Waals surface area contributed by atoms with Gasteiger partial charge in [-0.3, -0.25) is 0 Å². The third-order valence-electron chi connectivity index (χ3n) is 5.87. The van der Waals surface area contributed by atoms with Gasteiger partial charge < -0.3 is 15.1 Å². The average Bonchev–Trinajstić information content (AvgIpc) is 2.99. The Morgan fingerprint density at radius 2 is 1.67 bits per heavy atom. The summed E-state index contributed by atoms with van der Waals surface area (Å²) < 4.78 is 0. The fraction of sp³-hybridized carbons (Fsp3) is 0.524. The van der Waals surface area contributed by atoms with Crippen LogP contribution < -0.4 is 15.1 Å². The highest BCUT2D eigenvalue weighted by atomic mass is 32.2. The van der Waals surface area contributed by atoms with Gasteiger partial charge in [-0.25, -0.2) is 4.98 Å². The normalized spacial score (nSPS) is 20.0. The second-order valence-electron chi connectivity index (χ2n) is 7.56. The van der Waals surface area contributed by atoms with Crippen LogP contribution in [0.25, 0.3) is 0 Å². The van der Waals surface area contributed by atoms with E-state index < -0.39 is 0 Å². The summed E-state index contributed by atoms with van der Waals surface area (Å²) in [6.45, 7) is 6.17. The maximum absolute atomic E-state index is 5.15. The second-order valence-corrected chi connectivity index (χ2v) is 8.79. The topological polar surface area (TPSA) is 44.3 Å². The fourth-order valence-corrected chi connectivity index (χ4v) is 5.26. The summed E-state index contributed by atoms with van der Waals surface area (Å²) in [4.78, 5) is 15.1. The molecule has 0 spiro atoms. The number of nitrogens with zero attached hydrogens (tertiary/aromatic N) is 4. The molecule has 5 nitrogen and oxygen atoms in total. The van der Waals surface area contributed by atoms with Crippen molar-refractivity contribution in [2.24, 2.45) is 0 Å². The van der Waals surface area contributed by atoms with Gasteiger partial charge >= 0.3 is 0 Å². The highest BCUT2D eigenvalue weighted by Gasteiger charge is 2.25. The Labute approximate surface area is 165 Å². The summed E-state index contributed by atoms with van der Waals surface area (Å²) >= 11 is 2.05. The molecule has 4 heterocycles. The van der Waals surface area contributed by atoms with Gasteiger partial charge in [-0.05, 0) is 30.5 Å². The molecule has 1 aromatic carbocycles. The number of rotatable bonds is 2. The van der Waals surface area contributed by atoms with Crippen LogP contribution in [-0.2, 0) is 25.8 Å². The van der Waals surface area contributed by atoms with Crippen molar-refractivity contribution in [3.63, 3.8) is 0 Å². The lowest BCUT2D eigenvalue weighted by Gasteiger charge is -2.33. The van der Waals surface area contributed by atoms with E-state index >= 15 is 0 Å². The van der Waals surface area contributed by atoms with Crippen LogP contribution in [0.1, 0.15) is 22.4 Å². The highest BCUT2D eigenvalue weighted by molar-refractivity contribution is 7.99. The van der Waals surface area contributed by atoms with E-state index in [0.717, 1.165) is 64.5 Å². The molecule has 0 saturated carbocycles. The molecule has 0 unspecified atom stereocenters. The van der Waals surface area contributed by atoms with Crippen LogP contribution in [0.2, 0.25) is 0 Å². The summed E-state index contributed by atoms with van der Waals surface area (Å²) in [6, 6.07) is 8.79. The van der Waals surface area contributed by atoms with Crippen molar-refractivity contribution in [3.8, 4) is 0 Å². The molecule has 1 saturated heterocycles. The summed E-state index contributed by atoms with van der Waals surface area (Å²) in [5.41, 5.74) is 5.53. The van der Waals surface area contributed by atoms with E-state index in [1.54, 1.807) is 0 Å². The minimum atomic E-state index is 0.919. The Hall–Kier alpha value is -1.79. The van der Waals surface area contributed by atoms with E-state index in [4.69, 9.17) is 9.97 Å².